The van der Waals surface area contributed by atoms with E-state index in [4.69, 9.17) is 5.10 Å². The first-order chi connectivity index (χ1) is 11.6. The van der Waals surface area contributed by atoms with Gasteiger partial charge in [0.2, 0.25) is 0 Å². The summed E-state index contributed by atoms with van der Waals surface area (Å²) in [7, 11) is 0. The molecule has 0 atom stereocenters. The van der Waals surface area contributed by atoms with E-state index in [1.807, 2.05) is 11.3 Å². The molecular weight excluding hydrogens is 314 g/mol. The first-order valence-electron chi connectivity index (χ1n) is 8.64. The molecule has 2 aromatic heterocycles. The molecule has 1 N–H and O–H groups in total. The van der Waals surface area contributed by atoms with E-state index in [1.54, 1.807) is 0 Å². The maximum Gasteiger partial charge on any atom is 0.133 e. The fourth-order valence-corrected chi connectivity index (χ4v) is 4.28. The lowest BCUT2D eigenvalue weighted by atomic mass is 10.1. The average molecular weight is 337 g/mol. The molecule has 3 heterocycles. The number of aryl methyl sites for hydroxylation is 2. The van der Waals surface area contributed by atoms with E-state index >= 15 is 0 Å². The number of hydrogen-bond acceptors (Lipinski definition) is 3. The van der Waals surface area contributed by atoms with E-state index in [-0.39, 0.29) is 0 Å². The molecule has 0 aliphatic carbocycles. The number of rotatable bonds is 2. The van der Waals surface area contributed by atoms with Crippen molar-refractivity contribution in [1.82, 2.24) is 9.78 Å². The first kappa shape index (κ1) is 15.5. The van der Waals surface area contributed by atoms with Gasteiger partial charge >= 0.3 is 0 Å². The molecule has 0 bridgehead atoms. The van der Waals surface area contributed by atoms with Crippen molar-refractivity contribution in [1.29, 1.82) is 0 Å². The Balaban J connectivity index is 1.94. The van der Waals surface area contributed by atoms with Crippen molar-refractivity contribution in [3.63, 3.8) is 0 Å². The van der Waals surface area contributed by atoms with Gasteiger partial charge in [0.15, 0.2) is 0 Å². The van der Waals surface area contributed by atoms with Gasteiger partial charge in [0.1, 0.15) is 11.5 Å². The molecule has 4 heteroatoms. The van der Waals surface area contributed by atoms with Crippen LogP contribution < -0.4 is 5.32 Å². The highest BCUT2D eigenvalue weighted by molar-refractivity contribution is 7.15. The Labute approximate surface area is 147 Å². The van der Waals surface area contributed by atoms with Gasteiger partial charge in [0.05, 0.1) is 10.6 Å². The molecule has 1 aromatic carbocycles. The normalized spacial score (nSPS) is 14.1. The molecular formula is C20H23N3S. The predicted octanol–water partition coefficient (Wildman–Crippen LogP) is 5.27. The van der Waals surface area contributed by atoms with Crippen molar-refractivity contribution in [2.75, 3.05) is 11.9 Å². The molecule has 124 valence electrons. The summed E-state index contributed by atoms with van der Waals surface area (Å²) < 4.78 is 2.13. The second-order valence-electron chi connectivity index (χ2n) is 6.60. The fourth-order valence-electron chi connectivity index (χ4n) is 3.40. The van der Waals surface area contributed by atoms with Crippen LogP contribution in [0.5, 0.6) is 0 Å². The molecule has 0 radical (unpaired) electrons. The molecule has 3 nitrogen and oxygen atoms in total. The standard InChI is InChI=1S/C20H23N3S/c1-13-7-6-9-17(15(13)3)23-20-16(8-4-5-12-21-20)19(22-23)18-11-10-14(2)24-18/h6-7,9-11,21H,4-5,8,12H2,1-3H3. The van der Waals surface area contributed by atoms with Crippen molar-refractivity contribution >= 4 is 17.2 Å². The molecule has 1 aliphatic heterocycles. The number of aromatic nitrogens is 2. The summed E-state index contributed by atoms with van der Waals surface area (Å²) in [6.07, 6.45) is 3.53. The topological polar surface area (TPSA) is 29.9 Å². The SMILES string of the molecule is Cc1ccc(-c2nn(-c3cccc(C)c3C)c3c2CCCCN3)s1. The van der Waals surface area contributed by atoms with Gasteiger partial charge in [0, 0.05) is 17.0 Å². The highest BCUT2D eigenvalue weighted by Crippen LogP contribution is 2.37. The number of fused-ring (bicyclic) bond motifs is 1. The van der Waals surface area contributed by atoms with Gasteiger partial charge in [-0.1, -0.05) is 12.1 Å². The summed E-state index contributed by atoms with van der Waals surface area (Å²) >= 11 is 1.83. The van der Waals surface area contributed by atoms with Crippen molar-refractivity contribution < 1.29 is 0 Å². The van der Waals surface area contributed by atoms with Crippen molar-refractivity contribution in [2.45, 2.75) is 40.0 Å². The zero-order valence-electron chi connectivity index (χ0n) is 14.5. The number of nitrogens with zero attached hydrogens (tertiary/aromatic N) is 2. The number of thiophene rings is 1. The summed E-state index contributed by atoms with van der Waals surface area (Å²) in [5.41, 5.74) is 6.30. The number of anilines is 1. The summed E-state index contributed by atoms with van der Waals surface area (Å²) in [6.45, 7) is 7.53. The third kappa shape index (κ3) is 2.55. The highest BCUT2D eigenvalue weighted by atomic mass is 32.1. The quantitative estimate of drug-likeness (QED) is 0.690. The molecule has 0 spiro atoms. The second kappa shape index (κ2) is 6.10. The van der Waals surface area contributed by atoms with Crippen LogP contribution in [0.15, 0.2) is 30.3 Å². The van der Waals surface area contributed by atoms with Gasteiger partial charge in [-0.05, 0) is 69.4 Å². The minimum atomic E-state index is 1.02. The second-order valence-corrected chi connectivity index (χ2v) is 7.89. The van der Waals surface area contributed by atoms with Gasteiger partial charge in [-0.15, -0.1) is 11.3 Å². The van der Waals surface area contributed by atoms with Crippen molar-refractivity contribution in [2.24, 2.45) is 0 Å². The van der Waals surface area contributed by atoms with Crippen LogP contribution in [0.25, 0.3) is 16.3 Å². The van der Waals surface area contributed by atoms with Gasteiger partial charge < -0.3 is 5.32 Å². The van der Waals surface area contributed by atoms with Crippen LogP contribution in [-0.4, -0.2) is 16.3 Å². The maximum absolute atomic E-state index is 5.05. The smallest absolute Gasteiger partial charge is 0.133 e. The van der Waals surface area contributed by atoms with E-state index in [0.717, 1.165) is 18.7 Å². The van der Waals surface area contributed by atoms with E-state index in [9.17, 15) is 0 Å². The van der Waals surface area contributed by atoms with E-state index in [2.05, 4.69) is 61.1 Å². The van der Waals surface area contributed by atoms with Crippen molar-refractivity contribution in [3.8, 4) is 16.3 Å². The number of nitrogens with one attached hydrogen (secondary N) is 1. The summed E-state index contributed by atoms with van der Waals surface area (Å²) in [6, 6.07) is 10.9. The Hall–Kier alpha value is -2.07. The lowest BCUT2D eigenvalue weighted by molar-refractivity contribution is 0.780. The third-order valence-electron chi connectivity index (χ3n) is 4.91. The molecule has 0 saturated carbocycles. The summed E-state index contributed by atoms with van der Waals surface area (Å²) in [5, 5.41) is 8.69. The Bertz CT molecular complexity index is 888. The monoisotopic (exact) mass is 337 g/mol. The Morgan fingerprint density at radius 2 is 1.96 bits per heavy atom. The minimum Gasteiger partial charge on any atom is -0.370 e. The average Bonchev–Trinajstić information content (AvgIpc) is 3.06. The van der Waals surface area contributed by atoms with Gasteiger partial charge in [-0.25, -0.2) is 4.68 Å². The highest BCUT2D eigenvalue weighted by Gasteiger charge is 2.23. The lowest BCUT2D eigenvalue weighted by Gasteiger charge is -2.13. The molecule has 1 aliphatic rings. The maximum atomic E-state index is 5.05. The Kier molecular flexibility index (Phi) is 3.93. The zero-order valence-corrected chi connectivity index (χ0v) is 15.3. The van der Waals surface area contributed by atoms with Crippen molar-refractivity contribution in [3.05, 3.63) is 51.9 Å². The lowest BCUT2D eigenvalue weighted by Crippen LogP contribution is -2.08. The van der Waals surface area contributed by atoms with Crippen LogP contribution >= 0.6 is 11.3 Å². The van der Waals surface area contributed by atoms with Crippen LogP contribution in [0.3, 0.4) is 0 Å². The Morgan fingerprint density at radius 1 is 1.08 bits per heavy atom. The van der Waals surface area contributed by atoms with Crippen LogP contribution in [0.4, 0.5) is 5.82 Å². The molecule has 0 unspecified atom stereocenters. The fraction of sp³-hybridized carbons (Fsp3) is 0.350. The predicted molar refractivity (Wildman–Crippen MR) is 103 cm³/mol. The van der Waals surface area contributed by atoms with Crippen LogP contribution in [-0.2, 0) is 6.42 Å². The minimum absolute atomic E-state index is 1.02. The molecule has 0 fully saturated rings. The largest absolute Gasteiger partial charge is 0.370 e. The van der Waals surface area contributed by atoms with Crippen LogP contribution in [0.2, 0.25) is 0 Å². The first-order valence-corrected chi connectivity index (χ1v) is 9.46. The Morgan fingerprint density at radius 3 is 2.75 bits per heavy atom. The third-order valence-corrected chi connectivity index (χ3v) is 5.91. The van der Waals surface area contributed by atoms with E-state index in [0.29, 0.717) is 0 Å². The molecule has 0 amide bonds. The molecule has 3 aromatic rings. The zero-order chi connectivity index (χ0) is 16.7. The summed E-state index contributed by atoms with van der Waals surface area (Å²) in [5.74, 6) is 1.18. The van der Waals surface area contributed by atoms with E-state index < -0.39 is 0 Å². The number of hydrogen-bond donors (Lipinski definition) is 1. The van der Waals surface area contributed by atoms with Crippen LogP contribution in [0, 0.1) is 20.8 Å². The number of benzene rings is 1. The van der Waals surface area contributed by atoms with Gasteiger partial charge in [0.25, 0.3) is 0 Å². The van der Waals surface area contributed by atoms with E-state index in [1.165, 1.54) is 50.8 Å². The molecule has 4 rings (SSSR count). The molecule has 24 heavy (non-hydrogen) atoms. The summed E-state index contributed by atoms with van der Waals surface area (Å²) in [4.78, 5) is 2.61. The van der Waals surface area contributed by atoms with Crippen LogP contribution in [0.1, 0.15) is 34.4 Å². The van der Waals surface area contributed by atoms with Gasteiger partial charge in [-0.2, -0.15) is 5.10 Å². The van der Waals surface area contributed by atoms with Gasteiger partial charge in [-0.3, -0.25) is 0 Å². The molecule has 0 saturated heterocycles.